The molecular formula is C13H19N3OS. The van der Waals surface area contributed by atoms with Gasteiger partial charge in [-0.15, -0.1) is 0 Å². The minimum atomic E-state index is 0.527. The van der Waals surface area contributed by atoms with Crippen LogP contribution in [0, 0.1) is 0 Å². The van der Waals surface area contributed by atoms with Crippen LogP contribution < -0.4 is 10.7 Å². The molecule has 5 heteroatoms. The Hall–Kier alpha value is -1.46. The number of nitrogens with zero attached hydrogens (tertiary/aromatic N) is 1. The second kappa shape index (κ2) is 9.56. The van der Waals surface area contributed by atoms with Gasteiger partial charge in [0.05, 0.1) is 6.21 Å². The normalized spacial score (nSPS) is 10.5. The zero-order chi connectivity index (χ0) is 13.1. The fraction of sp³-hybridized carbons (Fsp3) is 0.385. The minimum Gasteiger partial charge on any atom is -0.382 e. The van der Waals surface area contributed by atoms with Crippen LogP contribution in [0.2, 0.25) is 0 Å². The number of thiocarbonyl (C=S) groups is 1. The summed E-state index contributed by atoms with van der Waals surface area (Å²) >= 11 is 5.07. The summed E-state index contributed by atoms with van der Waals surface area (Å²) in [5.41, 5.74) is 3.80. The summed E-state index contributed by atoms with van der Waals surface area (Å²) in [7, 11) is 0. The van der Waals surface area contributed by atoms with Crippen molar-refractivity contribution in [2.75, 3.05) is 19.8 Å². The van der Waals surface area contributed by atoms with E-state index in [2.05, 4.69) is 15.8 Å². The summed E-state index contributed by atoms with van der Waals surface area (Å²) in [6.45, 7) is 4.27. The molecule has 2 N–H and O–H groups in total. The van der Waals surface area contributed by atoms with Gasteiger partial charge in [-0.1, -0.05) is 30.3 Å². The molecule has 0 aliphatic carbocycles. The number of rotatable bonds is 7. The van der Waals surface area contributed by atoms with Crippen LogP contribution in [-0.4, -0.2) is 31.1 Å². The van der Waals surface area contributed by atoms with Crippen molar-refractivity contribution in [3.63, 3.8) is 0 Å². The lowest BCUT2D eigenvalue weighted by Gasteiger charge is -2.06. The quantitative estimate of drug-likeness (QED) is 0.342. The molecule has 0 aromatic heterocycles. The standard InChI is InChI=1S/C13H19N3OS/c1-2-17-10-6-9-14-13(18)16-15-11-12-7-4-3-5-8-12/h3-5,7-8,11H,2,6,9-10H2,1H3,(H2,14,16,18)/b15-11-. The minimum absolute atomic E-state index is 0.527. The molecule has 0 unspecified atom stereocenters. The average molecular weight is 265 g/mol. The van der Waals surface area contributed by atoms with E-state index in [0.717, 1.165) is 31.7 Å². The van der Waals surface area contributed by atoms with Gasteiger partial charge < -0.3 is 10.1 Å². The number of ether oxygens (including phenoxy) is 1. The van der Waals surface area contributed by atoms with Gasteiger partial charge in [0, 0.05) is 19.8 Å². The highest BCUT2D eigenvalue weighted by atomic mass is 32.1. The van der Waals surface area contributed by atoms with Gasteiger partial charge in [0.2, 0.25) is 0 Å². The zero-order valence-electron chi connectivity index (χ0n) is 10.6. The van der Waals surface area contributed by atoms with Crippen LogP contribution in [0.3, 0.4) is 0 Å². The van der Waals surface area contributed by atoms with Gasteiger partial charge in [0.25, 0.3) is 0 Å². The molecule has 0 saturated carbocycles. The summed E-state index contributed by atoms with van der Waals surface area (Å²) in [5, 5.41) is 7.63. The van der Waals surface area contributed by atoms with Crippen molar-refractivity contribution in [1.29, 1.82) is 0 Å². The SMILES string of the molecule is CCOCCCNC(=S)N/N=C\c1ccccc1. The molecule has 1 aromatic carbocycles. The lowest BCUT2D eigenvalue weighted by Crippen LogP contribution is -2.33. The molecule has 0 fully saturated rings. The largest absolute Gasteiger partial charge is 0.382 e. The molecule has 0 aliphatic heterocycles. The summed E-state index contributed by atoms with van der Waals surface area (Å²) in [5.74, 6) is 0. The first-order valence-corrected chi connectivity index (χ1v) is 6.43. The first-order chi connectivity index (χ1) is 8.83. The molecule has 0 saturated heterocycles. The van der Waals surface area contributed by atoms with E-state index in [1.165, 1.54) is 0 Å². The lowest BCUT2D eigenvalue weighted by atomic mass is 10.2. The first kappa shape index (κ1) is 14.6. The van der Waals surface area contributed by atoms with E-state index in [4.69, 9.17) is 17.0 Å². The number of hydrazone groups is 1. The second-order valence-corrected chi connectivity index (χ2v) is 4.00. The van der Waals surface area contributed by atoms with Crippen LogP contribution in [0.1, 0.15) is 18.9 Å². The molecule has 0 atom stereocenters. The molecular weight excluding hydrogens is 246 g/mol. The maximum Gasteiger partial charge on any atom is 0.186 e. The van der Waals surface area contributed by atoms with E-state index in [0.29, 0.717) is 5.11 Å². The van der Waals surface area contributed by atoms with E-state index in [9.17, 15) is 0 Å². The first-order valence-electron chi connectivity index (χ1n) is 6.02. The maximum atomic E-state index is 5.22. The zero-order valence-corrected chi connectivity index (χ0v) is 11.4. The van der Waals surface area contributed by atoms with Gasteiger partial charge in [0.1, 0.15) is 0 Å². The summed E-state index contributed by atoms with van der Waals surface area (Å²) in [6, 6.07) is 9.85. The molecule has 1 aromatic rings. The Morgan fingerprint density at radius 3 is 2.89 bits per heavy atom. The molecule has 0 spiro atoms. The smallest absolute Gasteiger partial charge is 0.186 e. The second-order valence-electron chi connectivity index (χ2n) is 3.59. The topological polar surface area (TPSA) is 45.6 Å². The third-order valence-electron chi connectivity index (χ3n) is 2.13. The predicted octanol–water partition coefficient (Wildman–Crippen LogP) is 1.91. The molecule has 0 heterocycles. The lowest BCUT2D eigenvalue weighted by molar-refractivity contribution is 0.145. The fourth-order valence-corrected chi connectivity index (χ4v) is 1.42. The highest BCUT2D eigenvalue weighted by Gasteiger charge is 1.92. The molecule has 18 heavy (non-hydrogen) atoms. The van der Waals surface area contributed by atoms with Gasteiger partial charge in [-0.3, -0.25) is 5.43 Å². The van der Waals surface area contributed by atoms with Crippen molar-refractivity contribution in [2.24, 2.45) is 5.10 Å². The van der Waals surface area contributed by atoms with Gasteiger partial charge in [-0.05, 0) is 31.1 Å². The predicted molar refractivity (Wildman–Crippen MR) is 78.9 cm³/mol. The Balaban J connectivity index is 2.11. The van der Waals surface area contributed by atoms with Crippen LogP contribution in [0.25, 0.3) is 0 Å². The average Bonchev–Trinajstić information content (AvgIpc) is 2.40. The van der Waals surface area contributed by atoms with Crippen LogP contribution in [0.5, 0.6) is 0 Å². The van der Waals surface area contributed by atoms with Crippen molar-refractivity contribution < 1.29 is 4.74 Å². The van der Waals surface area contributed by atoms with Crippen molar-refractivity contribution >= 4 is 23.5 Å². The van der Waals surface area contributed by atoms with Crippen LogP contribution in [0.15, 0.2) is 35.4 Å². The van der Waals surface area contributed by atoms with E-state index in [1.54, 1.807) is 6.21 Å². The third kappa shape index (κ3) is 6.98. The summed E-state index contributed by atoms with van der Waals surface area (Å²) in [6.07, 6.45) is 2.66. The van der Waals surface area contributed by atoms with Crippen LogP contribution in [-0.2, 0) is 4.74 Å². The maximum absolute atomic E-state index is 5.22. The van der Waals surface area contributed by atoms with Crippen LogP contribution in [0.4, 0.5) is 0 Å². The Bertz CT molecular complexity index is 368. The highest BCUT2D eigenvalue weighted by Crippen LogP contribution is 1.92. The van der Waals surface area contributed by atoms with Crippen LogP contribution >= 0.6 is 12.2 Å². The van der Waals surface area contributed by atoms with Crippen molar-refractivity contribution in [1.82, 2.24) is 10.7 Å². The molecule has 0 amide bonds. The van der Waals surface area contributed by atoms with Crippen molar-refractivity contribution in [3.05, 3.63) is 35.9 Å². The number of hydrogen-bond acceptors (Lipinski definition) is 3. The third-order valence-corrected chi connectivity index (χ3v) is 2.37. The van der Waals surface area contributed by atoms with Crippen molar-refractivity contribution in [2.45, 2.75) is 13.3 Å². The molecule has 1 rings (SSSR count). The summed E-state index contributed by atoms with van der Waals surface area (Å²) in [4.78, 5) is 0. The Morgan fingerprint density at radius 2 is 2.17 bits per heavy atom. The number of nitrogens with one attached hydrogen (secondary N) is 2. The molecule has 0 aliphatic rings. The van der Waals surface area contributed by atoms with Gasteiger partial charge >= 0.3 is 0 Å². The van der Waals surface area contributed by atoms with Gasteiger partial charge in [-0.25, -0.2) is 0 Å². The van der Waals surface area contributed by atoms with E-state index in [1.807, 2.05) is 37.3 Å². The Kier molecular flexibility index (Phi) is 7.75. The molecule has 0 radical (unpaired) electrons. The van der Waals surface area contributed by atoms with E-state index >= 15 is 0 Å². The molecule has 0 bridgehead atoms. The van der Waals surface area contributed by atoms with E-state index in [-0.39, 0.29) is 0 Å². The van der Waals surface area contributed by atoms with Crippen molar-refractivity contribution in [3.8, 4) is 0 Å². The van der Waals surface area contributed by atoms with E-state index < -0.39 is 0 Å². The van der Waals surface area contributed by atoms with Gasteiger partial charge in [-0.2, -0.15) is 5.10 Å². The molecule has 4 nitrogen and oxygen atoms in total. The van der Waals surface area contributed by atoms with Gasteiger partial charge in [0.15, 0.2) is 5.11 Å². The Labute approximate surface area is 113 Å². The number of benzene rings is 1. The molecule has 98 valence electrons. The monoisotopic (exact) mass is 265 g/mol. The fourth-order valence-electron chi connectivity index (χ4n) is 1.26. The number of hydrogen-bond donors (Lipinski definition) is 2. The Morgan fingerprint density at radius 1 is 1.39 bits per heavy atom. The highest BCUT2D eigenvalue weighted by molar-refractivity contribution is 7.80. The summed E-state index contributed by atoms with van der Waals surface area (Å²) < 4.78 is 5.22.